The quantitative estimate of drug-likeness (QED) is 0.655. The van der Waals surface area contributed by atoms with Crippen molar-refractivity contribution in [2.24, 2.45) is 11.8 Å². The smallest absolute Gasteiger partial charge is 0.300 e. The highest BCUT2D eigenvalue weighted by molar-refractivity contribution is 5.98. The monoisotopic (exact) mass is 278 g/mol. The number of nitrogen functional groups attached to an aromatic ring is 1. The van der Waals surface area contributed by atoms with Crippen LogP contribution in [0.5, 0.6) is 0 Å². The number of nitrogens with zero attached hydrogens (tertiary/aromatic N) is 3. The maximum atomic E-state index is 12.5. The number of carbonyl (C=O) groups is 1. The van der Waals surface area contributed by atoms with E-state index < -0.39 is 4.92 Å². The Kier molecular flexibility index (Phi) is 3.87. The van der Waals surface area contributed by atoms with Gasteiger partial charge in [0.1, 0.15) is 17.6 Å². The van der Waals surface area contributed by atoms with E-state index in [0.717, 1.165) is 12.6 Å². The van der Waals surface area contributed by atoms with Gasteiger partial charge in [-0.05, 0) is 24.3 Å². The number of rotatable bonds is 2. The number of carbonyl (C=O) groups excluding carboxylic acids is 1. The molecule has 0 aromatic carbocycles. The second-order valence-corrected chi connectivity index (χ2v) is 5.54. The van der Waals surface area contributed by atoms with Crippen molar-refractivity contribution in [1.29, 1.82) is 0 Å². The lowest BCUT2D eigenvalue weighted by Gasteiger charge is -2.34. The van der Waals surface area contributed by atoms with Crippen LogP contribution in [0.25, 0.3) is 0 Å². The Morgan fingerprint density at radius 1 is 1.45 bits per heavy atom. The van der Waals surface area contributed by atoms with Gasteiger partial charge in [-0.1, -0.05) is 13.8 Å². The van der Waals surface area contributed by atoms with Crippen LogP contribution in [0.3, 0.4) is 0 Å². The number of piperidine rings is 1. The molecule has 0 spiro atoms. The predicted octanol–water partition coefficient (Wildman–Crippen LogP) is 1.69. The zero-order valence-corrected chi connectivity index (χ0v) is 11.6. The topological polar surface area (TPSA) is 102 Å². The minimum Gasteiger partial charge on any atom is -0.384 e. The molecule has 7 heteroatoms. The molecule has 20 heavy (non-hydrogen) atoms. The van der Waals surface area contributed by atoms with Crippen LogP contribution in [0.15, 0.2) is 12.3 Å². The molecule has 1 amide bonds. The molecule has 2 N–H and O–H groups in total. The second kappa shape index (κ2) is 5.44. The third kappa shape index (κ3) is 2.87. The molecule has 1 aromatic heterocycles. The van der Waals surface area contributed by atoms with Gasteiger partial charge >= 0.3 is 0 Å². The molecule has 1 aliphatic rings. The Bertz CT molecular complexity index is 536. The first-order valence-corrected chi connectivity index (χ1v) is 6.57. The molecule has 2 rings (SSSR count). The van der Waals surface area contributed by atoms with E-state index in [4.69, 9.17) is 5.73 Å². The first-order chi connectivity index (χ1) is 9.38. The lowest BCUT2D eigenvalue weighted by Crippen LogP contribution is -2.42. The van der Waals surface area contributed by atoms with E-state index >= 15 is 0 Å². The van der Waals surface area contributed by atoms with E-state index in [9.17, 15) is 14.9 Å². The summed E-state index contributed by atoms with van der Waals surface area (Å²) in [4.78, 5) is 28.3. The summed E-state index contributed by atoms with van der Waals surface area (Å²) in [5.74, 6) is 0.545. The molecule has 2 unspecified atom stereocenters. The van der Waals surface area contributed by atoms with Gasteiger partial charge in [0, 0.05) is 13.1 Å². The molecular formula is C13H18N4O3. The molecule has 1 saturated heterocycles. The van der Waals surface area contributed by atoms with Gasteiger partial charge in [-0.3, -0.25) is 14.9 Å². The molecule has 1 aromatic rings. The number of aromatic nitrogens is 1. The summed E-state index contributed by atoms with van der Waals surface area (Å²) in [6.45, 7) is 5.38. The summed E-state index contributed by atoms with van der Waals surface area (Å²) in [6, 6.07) is 1.28. The van der Waals surface area contributed by atoms with Crippen LogP contribution in [-0.2, 0) is 0 Å². The first kappa shape index (κ1) is 14.2. The average Bonchev–Trinajstić information content (AvgIpc) is 2.36. The number of nitro groups is 1. The fraction of sp³-hybridized carbons (Fsp3) is 0.538. The predicted molar refractivity (Wildman–Crippen MR) is 74.2 cm³/mol. The van der Waals surface area contributed by atoms with Crippen LogP contribution < -0.4 is 5.73 Å². The summed E-state index contributed by atoms with van der Waals surface area (Å²) in [7, 11) is 0. The Morgan fingerprint density at radius 3 is 2.60 bits per heavy atom. The number of anilines is 1. The Hall–Kier alpha value is -2.18. The molecule has 7 nitrogen and oxygen atoms in total. The number of likely N-dealkylation sites (tertiary alicyclic amines) is 1. The highest BCUT2D eigenvalue weighted by Crippen LogP contribution is 2.26. The van der Waals surface area contributed by atoms with Gasteiger partial charge in [0.25, 0.3) is 11.6 Å². The van der Waals surface area contributed by atoms with E-state index in [0.29, 0.717) is 24.9 Å². The van der Waals surface area contributed by atoms with Crippen molar-refractivity contribution in [3.05, 3.63) is 27.9 Å². The van der Waals surface area contributed by atoms with Crippen molar-refractivity contribution in [2.75, 3.05) is 18.8 Å². The lowest BCUT2D eigenvalue weighted by molar-refractivity contribution is -0.385. The molecule has 2 heterocycles. The number of nitrogens with two attached hydrogens (primary N) is 1. The second-order valence-electron chi connectivity index (χ2n) is 5.54. The number of hydrogen-bond donors (Lipinski definition) is 1. The van der Waals surface area contributed by atoms with Gasteiger partial charge in [-0.2, -0.15) is 0 Å². The summed E-state index contributed by atoms with van der Waals surface area (Å²) < 4.78 is 0. The molecule has 1 fully saturated rings. The third-order valence-corrected chi connectivity index (χ3v) is 3.49. The molecule has 0 bridgehead atoms. The fourth-order valence-electron chi connectivity index (χ4n) is 2.78. The first-order valence-electron chi connectivity index (χ1n) is 6.57. The number of pyridine rings is 1. The van der Waals surface area contributed by atoms with Gasteiger partial charge in [0.2, 0.25) is 0 Å². The maximum Gasteiger partial charge on any atom is 0.300 e. The van der Waals surface area contributed by atoms with Gasteiger partial charge in [0.05, 0.1) is 4.92 Å². The van der Waals surface area contributed by atoms with Crippen LogP contribution in [0.2, 0.25) is 0 Å². The molecule has 2 atom stereocenters. The standard InChI is InChI=1S/C13H18N4O3/c1-8-3-9(2)7-16(6-8)13(18)10-4-12(14)15-5-11(10)17(19)20/h4-5,8-9H,3,6-7H2,1-2H3,(H2,14,15). The maximum absolute atomic E-state index is 12.5. The molecule has 108 valence electrons. The Balaban J connectivity index is 2.33. The molecular weight excluding hydrogens is 260 g/mol. The van der Waals surface area contributed by atoms with Crippen LogP contribution in [0, 0.1) is 22.0 Å². The van der Waals surface area contributed by atoms with Gasteiger partial charge in [-0.25, -0.2) is 4.98 Å². The van der Waals surface area contributed by atoms with Crippen molar-refractivity contribution in [3.63, 3.8) is 0 Å². The van der Waals surface area contributed by atoms with Crippen LogP contribution in [0.1, 0.15) is 30.6 Å². The number of amides is 1. The van der Waals surface area contributed by atoms with Crippen LogP contribution in [0.4, 0.5) is 11.5 Å². The summed E-state index contributed by atoms with van der Waals surface area (Å²) in [5.41, 5.74) is 5.27. The third-order valence-electron chi connectivity index (χ3n) is 3.49. The number of hydrogen-bond acceptors (Lipinski definition) is 5. The summed E-state index contributed by atoms with van der Waals surface area (Å²) >= 11 is 0. The average molecular weight is 278 g/mol. The zero-order chi connectivity index (χ0) is 14.9. The van der Waals surface area contributed by atoms with E-state index in [2.05, 4.69) is 18.8 Å². The molecule has 0 radical (unpaired) electrons. The molecule has 0 aliphatic carbocycles. The molecule has 1 aliphatic heterocycles. The van der Waals surface area contributed by atoms with Gasteiger partial charge in [-0.15, -0.1) is 0 Å². The van der Waals surface area contributed by atoms with Gasteiger partial charge < -0.3 is 10.6 Å². The highest BCUT2D eigenvalue weighted by Gasteiger charge is 2.30. The SMILES string of the molecule is CC1CC(C)CN(C(=O)c2cc(N)ncc2[N+](=O)[O-])C1. The van der Waals surface area contributed by atoms with Crippen molar-refractivity contribution in [1.82, 2.24) is 9.88 Å². The fourth-order valence-corrected chi connectivity index (χ4v) is 2.78. The van der Waals surface area contributed by atoms with Crippen molar-refractivity contribution in [3.8, 4) is 0 Å². The largest absolute Gasteiger partial charge is 0.384 e. The van der Waals surface area contributed by atoms with E-state index in [-0.39, 0.29) is 23.0 Å². The van der Waals surface area contributed by atoms with Gasteiger partial charge in [0.15, 0.2) is 0 Å². The summed E-state index contributed by atoms with van der Waals surface area (Å²) in [5, 5.41) is 11.0. The van der Waals surface area contributed by atoms with E-state index in [1.54, 1.807) is 4.90 Å². The molecule has 0 saturated carbocycles. The minimum absolute atomic E-state index is 0.0174. The van der Waals surface area contributed by atoms with E-state index in [1.807, 2.05) is 0 Å². The zero-order valence-electron chi connectivity index (χ0n) is 11.6. The Labute approximate surface area is 116 Å². The van der Waals surface area contributed by atoms with Crippen LogP contribution >= 0.6 is 0 Å². The Morgan fingerprint density at radius 2 is 2.05 bits per heavy atom. The van der Waals surface area contributed by atoms with E-state index in [1.165, 1.54) is 6.07 Å². The normalized spacial score (nSPS) is 22.6. The van der Waals surface area contributed by atoms with Crippen LogP contribution in [-0.4, -0.2) is 33.8 Å². The van der Waals surface area contributed by atoms with Crippen molar-refractivity contribution in [2.45, 2.75) is 20.3 Å². The minimum atomic E-state index is -0.601. The summed E-state index contributed by atoms with van der Waals surface area (Å²) in [6.07, 6.45) is 2.10. The van der Waals surface area contributed by atoms with Crippen molar-refractivity contribution >= 4 is 17.4 Å². The van der Waals surface area contributed by atoms with Crippen molar-refractivity contribution < 1.29 is 9.72 Å². The highest BCUT2D eigenvalue weighted by atomic mass is 16.6. The lowest BCUT2D eigenvalue weighted by atomic mass is 9.91.